The summed E-state index contributed by atoms with van der Waals surface area (Å²) in [6, 6.07) is 0. The number of carboxylic acid groups (broad SMARTS) is 1. The maximum absolute atomic E-state index is 12.5. The van der Waals surface area contributed by atoms with Gasteiger partial charge in [-0.25, -0.2) is 4.79 Å². The lowest BCUT2D eigenvalue weighted by Crippen LogP contribution is -2.60. The number of carbonyl (C=O) groups is 2. The van der Waals surface area contributed by atoms with Crippen molar-refractivity contribution in [2.24, 2.45) is 58.0 Å². The Hall–Kier alpha value is -1.30. The van der Waals surface area contributed by atoms with Crippen LogP contribution in [0, 0.1) is 52.3 Å². The minimum absolute atomic E-state index is 0.126. The summed E-state index contributed by atoms with van der Waals surface area (Å²) in [5.74, 6) is 1.24. The summed E-state index contributed by atoms with van der Waals surface area (Å²) in [6.45, 7) is 6.88. The van der Waals surface area contributed by atoms with Crippen LogP contribution in [0.15, 0.2) is 0 Å². The van der Waals surface area contributed by atoms with E-state index in [-0.39, 0.29) is 23.9 Å². The van der Waals surface area contributed by atoms with Crippen molar-refractivity contribution < 1.29 is 24.5 Å². The van der Waals surface area contributed by atoms with Crippen LogP contribution in [0.1, 0.15) is 85.0 Å². The lowest BCUT2D eigenvalue weighted by atomic mass is 9.41. The molecular formula is C26H43NO5. The first-order chi connectivity index (χ1) is 15.2. The van der Waals surface area contributed by atoms with Crippen LogP contribution in [-0.2, 0) is 9.53 Å². The van der Waals surface area contributed by atoms with Crippen molar-refractivity contribution in [3.05, 3.63) is 0 Å². The number of amides is 1. The number of aliphatic carboxylic acids is 1. The molecule has 4 aliphatic carbocycles. The average molecular weight is 450 g/mol. The van der Waals surface area contributed by atoms with E-state index in [2.05, 4.69) is 20.8 Å². The first-order valence-electron chi connectivity index (χ1n) is 13.0. The van der Waals surface area contributed by atoms with Gasteiger partial charge in [-0.2, -0.15) is 0 Å². The third-order valence-corrected chi connectivity index (χ3v) is 10.6. The van der Waals surface area contributed by atoms with Crippen LogP contribution in [0.25, 0.3) is 0 Å². The topological polar surface area (TPSA) is 110 Å². The van der Waals surface area contributed by atoms with Gasteiger partial charge in [0.2, 0.25) is 0 Å². The molecule has 182 valence electrons. The zero-order valence-electron chi connectivity index (χ0n) is 20.1. The van der Waals surface area contributed by atoms with Gasteiger partial charge in [-0.3, -0.25) is 4.79 Å². The molecule has 0 aromatic rings. The Morgan fingerprint density at radius 1 is 1.06 bits per heavy atom. The van der Waals surface area contributed by atoms with Gasteiger partial charge in [0.25, 0.3) is 0 Å². The molecule has 4 rings (SSSR count). The fourth-order valence-electron chi connectivity index (χ4n) is 9.42. The highest BCUT2D eigenvalue weighted by atomic mass is 16.6. The molecule has 0 aliphatic heterocycles. The number of hydrogen-bond donors (Lipinski definition) is 3. The molecule has 0 spiro atoms. The smallest absolute Gasteiger partial charge is 0.404 e. The van der Waals surface area contributed by atoms with Gasteiger partial charge in [0.15, 0.2) is 0 Å². The van der Waals surface area contributed by atoms with Gasteiger partial charge in [-0.1, -0.05) is 27.2 Å². The molecule has 0 saturated heterocycles. The zero-order chi connectivity index (χ0) is 23.3. The van der Waals surface area contributed by atoms with E-state index in [1.807, 2.05) is 0 Å². The van der Waals surface area contributed by atoms with Gasteiger partial charge in [0.1, 0.15) is 6.10 Å². The van der Waals surface area contributed by atoms with Gasteiger partial charge >= 0.3 is 12.1 Å². The second-order valence-corrected chi connectivity index (χ2v) is 12.0. The average Bonchev–Trinajstić information content (AvgIpc) is 3.13. The van der Waals surface area contributed by atoms with Crippen molar-refractivity contribution in [2.45, 2.75) is 91.1 Å². The summed E-state index contributed by atoms with van der Waals surface area (Å²) in [5.41, 5.74) is 5.11. The van der Waals surface area contributed by atoms with Gasteiger partial charge in [0.05, 0.1) is 5.92 Å². The number of aliphatic hydroxyl groups excluding tert-OH is 1. The van der Waals surface area contributed by atoms with Crippen LogP contribution in [-0.4, -0.2) is 35.0 Å². The zero-order valence-corrected chi connectivity index (χ0v) is 20.1. The van der Waals surface area contributed by atoms with Crippen LogP contribution in [0.3, 0.4) is 0 Å². The number of carboxylic acids is 1. The van der Waals surface area contributed by atoms with Gasteiger partial charge < -0.3 is 20.7 Å². The Labute approximate surface area is 192 Å². The Kier molecular flexibility index (Phi) is 6.56. The number of nitrogens with two attached hydrogens (primary N) is 1. The molecule has 4 unspecified atom stereocenters. The molecule has 1 amide bonds. The number of fused-ring (bicyclic) bond motifs is 5. The fourth-order valence-corrected chi connectivity index (χ4v) is 9.42. The Morgan fingerprint density at radius 2 is 1.81 bits per heavy atom. The van der Waals surface area contributed by atoms with E-state index in [0.717, 1.165) is 32.1 Å². The number of hydrogen-bond acceptors (Lipinski definition) is 4. The van der Waals surface area contributed by atoms with Gasteiger partial charge in [0, 0.05) is 12.0 Å². The summed E-state index contributed by atoms with van der Waals surface area (Å²) in [7, 11) is 0. The second kappa shape index (κ2) is 8.81. The van der Waals surface area contributed by atoms with Crippen molar-refractivity contribution in [2.75, 3.05) is 6.61 Å². The summed E-state index contributed by atoms with van der Waals surface area (Å²) >= 11 is 0. The van der Waals surface area contributed by atoms with Crippen molar-refractivity contribution in [1.82, 2.24) is 0 Å². The number of aliphatic hydroxyl groups is 1. The molecular weight excluding hydrogens is 406 g/mol. The Morgan fingerprint density at radius 3 is 2.44 bits per heavy atom. The van der Waals surface area contributed by atoms with E-state index in [1.54, 1.807) is 0 Å². The molecule has 4 N–H and O–H groups in total. The number of rotatable bonds is 6. The predicted molar refractivity (Wildman–Crippen MR) is 122 cm³/mol. The highest BCUT2D eigenvalue weighted by Crippen LogP contribution is 2.70. The maximum Gasteiger partial charge on any atom is 0.404 e. The molecule has 6 heteroatoms. The summed E-state index contributed by atoms with van der Waals surface area (Å²) in [5, 5.41) is 20.5. The van der Waals surface area contributed by atoms with Gasteiger partial charge in [-0.15, -0.1) is 0 Å². The minimum Gasteiger partial charge on any atom is -0.481 e. The van der Waals surface area contributed by atoms with Crippen LogP contribution in [0.4, 0.5) is 4.79 Å². The van der Waals surface area contributed by atoms with Crippen LogP contribution in [0.2, 0.25) is 0 Å². The monoisotopic (exact) mass is 449 g/mol. The standard InChI is InChI=1S/C26H43NO5/c1-15(2)13-22(32-24(27)31)26-12-11-19-18(20(26)9-10-21(26)23(29)30)8-7-16-5-4-6-17(14-28)25(16,19)3/h15-22,28H,4-14H2,1-3H3,(H2,27,31)(H,29,30)/t16?,17?,18-,19+,20+,21?,22?,25-,26-/m1/s1. The molecule has 0 radical (unpaired) electrons. The van der Waals surface area contributed by atoms with E-state index >= 15 is 0 Å². The lowest BCUT2D eigenvalue weighted by Gasteiger charge is -2.63. The number of ether oxygens (including phenoxy) is 1. The molecule has 0 bridgehead atoms. The first-order valence-corrected chi connectivity index (χ1v) is 13.0. The van der Waals surface area contributed by atoms with E-state index in [9.17, 15) is 19.8 Å². The summed E-state index contributed by atoms with van der Waals surface area (Å²) in [6.07, 6.45) is 8.57. The molecule has 4 aliphatic rings. The summed E-state index contributed by atoms with van der Waals surface area (Å²) < 4.78 is 5.78. The molecule has 4 fully saturated rings. The Balaban J connectivity index is 1.74. The normalized spacial score (nSPS) is 44.3. The van der Waals surface area contributed by atoms with Gasteiger partial charge in [-0.05, 0) is 98.7 Å². The number of primary amides is 1. The summed E-state index contributed by atoms with van der Waals surface area (Å²) in [4.78, 5) is 24.4. The Bertz CT molecular complexity index is 717. The van der Waals surface area contributed by atoms with Crippen LogP contribution >= 0.6 is 0 Å². The second-order valence-electron chi connectivity index (χ2n) is 12.0. The van der Waals surface area contributed by atoms with Crippen molar-refractivity contribution in [3.8, 4) is 0 Å². The highest BCUT2D eigenvalue weighted by molar-refractivity contribution is 5.72. The molecule has 9 atom stereocenters. The molecule has 0 aromatic carbocycles. The van der Waals surface area contributed by atoms with E-state index in [1.165, 1.54) is 19.3 Å². The van der Waals surface area contributed by atoms with Crippen molar-refractivity contribution in [1.29, 1.82) is 0 Å². The molecule has 4 saturated carbocycles. The van der Waals surface area contributed by atoms with Crippen molar-refractivity contribution >= 4 is 12.1 Å². The maximum atomic E-state index is 12.5. The van der Waals surface area contributed by atoms with Crippen molar-refractivity contribution in [3.63, 3.8) is 0 Å². The van der Waals surface area contributed by atoms with Crippen LogP contribution in [0.5, 0.6) is 0 Å². The lowest BCUT2D eigenvalue weighted by molar-refractivity contribution is -0.182. The van der Waals surface area contributed by atoms with E-state index in [0.29, 0.717) is 36.5 Å². The highest BCUT2D eigenvalue weighted by Gasteiger charge is 2.66. The quantitative estimate of drug-likeness (QED) is 0.538. The fraction of sp³-hybridized carbons (Fsp3) is 0.923. The third-order valence-electron chi connectivity index (χ3n) is 10.6. The predicted octanol–water partition coefficient (Wildman–Crippen LogP) is 4.83. The van der Waals surface area contributed by atoms with Crippen LogP contribution < -0.4 is 5.73 Å². The molecule has 6 nitrogen and oxygen atoms in total. The minimum atomic E-state index is -0.787. The van der Waals surface area contributed by atoms with E-state index < -0.39 is 29.5 Å². The third kappa shape index (κ3) is 3.56. The first kappa shape index (κ1) is 23.8. The molecule has 32 heavy (non-hydrogen) atoms. The molecule has 0 aromatic heterocycles. The molecule has 0 heterocycles. The van der Waals surface area contributed by atoms with E-state index in [4.69, 9.17) is 10.5 Å². The largest absolute Gasteiger partial charge is 0.481 e. The number of carbonyl (C=O) groups excluding carboxylic acids is 1. The SMILES string of the molecule is CC(C)CC(OC(N)=O)[C@]12CC[C@H]3[C@@H](CCC4CCCC(CO)[C@@]43C)[C@@H]1CCC2C(=O)O.